The van der Waals surface area contributed by atoms with Crippen molar-refractivity contribution in [3.8, 4) is 17.2 Å². The van der Waals surface area contributed by atoms with Crippen molar-refractivity contribution >= 4 is 5.96 Å². The third-order valence-electron chi connectivity index (χ3n) is 5.30. The molecule has 1 aromatic heterocycles. The Hall–Kier alpha value is -3.32. The average Bonchev–Trinajstić information content (AvgIpc) is 3.31. The van der Waals surface area contributed by atoms with Crippen molar-refractivity contribution < 1.29 is 9.15 Å². The highest BCUT2D eigenvalue weighted by Crippen LogP contribution is 2.17. The maximum atomic E-state index is 5.82. The molecule has 162 valence electrons. The second kappa shape index (κ2) is 10.6. The van der Waals surface area contributed by atoms with Gasteiger partial charge in [-0.15, -0.1) is 0 Å². The summed E-state index contributed by atoms with van der Waals surface area (Å²) in [6.45, 7) is 6.04. The lowest BCUT2D eigenvalue weighted by Gasteiger charge is -2.36. The summed E-state index contributed by atoms with van der Waals surface area (Å²) in [5.74, 6) is 2.46. The first kappa shape index (κ1) is 20.9. The summed E-state index contributed by atoms with van der Waals surface area (Å²) in [5, 5.41) is 3.41. The first-order chi connectivity index (χ1) is 15.3. The van der Waals surface area contributed by atoms with Crippen LogP contribution in [0.25, 0.3) is 11.5 Å². The van der Waals surface area contributed by atoms with E-state index >= 15 is 0 Å². The van der Waals surface area contributed by atoms with Crippen molar-refractivity contribution in [3.63, 3.8) is 0 Å². The van der Waals surface area contributed by atoms with E-state index in [9.17, 15) is 0 Å². The van der Waals surface area contributed by atoms with Gasteiger partial charge in [0.05, 0.1) is 12.2 Å². The predicted octanol–water partition coefficient (Wildman–Crippen LogP) is 3.11. The maximum absolute atomic E-state index is 5.82. The molecule has 0 unspecified atom stereocenters. The molecule has 2 aromatic carbocycles. The van der Waals surface area contributed by atoms with Crippen LogP contribution in [0, 0.1) is 0 Å². The Balaban J connectivity index is 1.20. The van der Waals surface area contributed by atoms with Crippen molar-refractivity contribution in [2.24, 2.45) is 4.99 Å². The van der Waals surface area contributed by atoms with E-state index in [1.165, 1.54) is 0 Å². The van der Waals surface area contributed by atoms with Crippen molar-refractivity contribution in [1.29, 1.82) is 0 Å². The first-order valence-corrected chi connectivity index (χ1v) is 10.7. The summed E-state index contributed by atoms with van der Waals surface area (Å²) in [5.41, 5.74) is 1.84. The van der Waals surface area contributed by atoms with E-state index in [2.05, 4.69) is 25.1 Å². The second-order valence-electron chi connectivity index (χ2n) is 7.40. The SMILES string of the molecule is CN=C(NCc1coc(-c2ccccc2)n1)N1CCN(CCOc2ccccc2)CC1. The number of hydrogen-bond acceptors (Lipinski definition) is 5. The molecular weight excluding hydrogens is 390 g/mol. The fourth-order valence-electron chi connectivity index (χ4n) is 3.60. The van der Waals surface area contributed by atoms with Crippen molar-refractivity contribution in [1.82, 2.24) is 20.1 Å². The summed E-state index contributed by atoms with van der Waals surface area (Å²) >= 11 is 0. The second-order valence-corrected chi connectivity index (χ2v) is 7.40. The van der Waals surface area contributed by atoms with Gasteiger partial charge in [-0.05, 0) is 24.3 Å². The lowest BCUT2D eigenvalue weighted by atomic mass is 10.2. The third kappa shape index (κ3) is 5.86. The number of rotatable bonds is 7. The van der Waals surface area contributed by atoms with Gasteiger partial charge in [-0.2, -0.15) is 0 Å². The number of nitrogens with zero attached hydrogens (tertiary/aromatic N) is 4. The quantitative estimate of drug-likeness (QED) is 0.469. The zero-order valence-corrected chi connectivity index (χ0v) is 17.9. The Bertz CT molecular complexity index is 950. The Morgan fingerprint density at radius 2 is 1.74 bits per heavy atom. The molecular formula is C24H29N5O2. The van der Waals surface area contributed by atoms with E-state index in [1.54, 1.807) is 6.26 Å². The molecule has 1 aliphatic heterocycles. The van der Waals surface area contributed by atoms with E-state index in [0.29, 0.717) is 19.0 Å². The van der Waals surface area contributed by atoms with Gasteiger partial charge in [0.2, 0.25) is 5.89 Å². The lowest BCUT2D eigenvalue weighted by molar-refractivity contribution is 0.152. The molecule has 0 radical (unpaired) electrons. The Labute approximate surface area is 183 Å². The predicted molar refractivity (Wildman–Crippen MR) is 122 cm³/mol. The molecule has 7 nitrogen and oxygen atoms in total. The fourth-order valence-corrected chi connectivity index (χ4v) is 3.60. The molecule has 1 aliphatic rings. The van der Waals surface area contributed by atoms with Crippen molar-refractivity contribution in [2.75, 3.05) is 46.4 Å². The molecule has 1 fully saturated rings. The highest BCUT2D eigenvalue weighted by atomic mass is 16.5. The maximum Gasteiger partial charge on any atom is 0.226 e. The molecule has 0 aliphatic carbocycles. The number of ether oxygens (including phenoxy) is 1. The monoisotopic (exact) mass is 419 g/mol. The van der Waals surface area contributed by atoms with Gasteiger partial charge in [0.15, 0.2) is 5.96 Å². The third-order valence-corrected chi connectivity index (χ3v) is 5.30. The van der Waals surface area contributed by atoms with Gasteiger partial charge in [-0.1, -0.05) is 36.4 Å². The Morgan fingerprint density at radius 3 is 2.45 bits per heavy atom. The number of piperazine rings is 1. The summed E-state index contributed by atoms with van der Waals surface area (Å²) < 4.78 is 11.4. The molecule has 0 atom stereocenters. The first-order valence-electron chi connectivity index (χ1n) is 10.7. The minimum atomic E-state index is 0.578. The molecule has 0 saturated carbocycles. The van der Waals surface area contributed by atoms with Crippen LogP contribution >= 0.6 is 0 Å². The summed E-state index contributed by atoms with van der Waals surface area (Å²) in [6.07, 6.45) is 1.70. The number of aromatic nitrogens is 1. The fraction of sp³-hybridized carbons (Fsp3) is 0.333. The van der Waals surface area contributed by atoms with Crippen molar-refractivity contribution in [2.45, 2.75) is 6.54 Å². The molecule has 31 heavy (non-hydrogen) atoms. The molecule has 7 heteroatoms. The largest absolute Gasteiger partial charge is 0.492 e. The van der Waals surface area contributed by atoms with Crippen molar-refractivity contribution in [3.05, 3.63) is 72.6 Å². The van der Waals surface area contributed by atoms with E-state index in [-0.39, 0.29) is 0 Å². The lowest BCUT2D eigenvalue weighted by Crippen LogP contribution is -2.52. The van der Waals surface area contributed by atoms with E-state index in [1.807, 2.05) is 67.7 Å². The Kier molecular flexibility index (Phi) is 7.18. The molecule has 2 heterocycles. The number of aliphatic imine (C=N–C) groups is 1. The molecule has 4 rings (SSSR count). The summed E-state index contributed by atoms with van der Waals surface area (Å²) in [6, 6.07) is 19.9. The van der Waals surface area contributed by atoms with Gasteiger partial charge in [-0.3, -0.25) is 9.89 Å². The minimum Gasteiger partial charge on any atom is -0.492 e. The normalized spacial score (nSPS) is 15.1. The van der Waals surface area contributed by atoms with Crippen LogP contribution in [0.3, 0.4) is 0 Å². The van der Waals surface area contributed by atoms with Crippen LogP contribution in [-0.4, -0.2) is 67.1 Å². The van der Waals surface area contributed by atoms with Crippen LogP contribution in [-0.2, 0) is 6.54 Å². The number of hydrogen-bond donors (Lipinski definition) is 1. The molecule has 0 spiro atoms. The number of guanidine groups is 1. The van der Waals surface area contributed by atoms with E-state index in [4.69, 9.17) is 9.15 Å². The minimum absolute atomic E-state index is 0.578. The van der Waals surface area contributed by atoms with Gasteiger partial charge in [0, 0.05) is 45.3 Å². The van der Waals surface area contributed by atoms with E-state index in [0.717, 1.165) is 55.7 Å². The average molecular weight is 420 g/mol. The number of para-hydroxylation sites is 1. The van der Waals surface area contributed by atoms with Gasteiger partial charge < -0.3 is 19.4 Å². The summed E-state index contributed by atoms with van der Waals surface area (Å²) in [7, 11) is 1.82. The zero-order valence-electron chi connectivity index (χ0n) is 17.9. The van der Waals surface area contributed by atoms with Crippen LogP contribution in [0.5, 0.6) is 5.75 Å². The number of nitrogens with one attached hydrogen (secondary N) is 1. The number of benzene rings is 2. The smallest absolute Gasteiger partial charge is 0.226 e. The Morgan fingerprint density at radius 1 is 1.03 bits per heavy atom. The van der Waals surface area contributed by atoms with E-state index < -0.39 is 0 Å². The molecule has 1 N–H and O–H groups in total. The number of oxazole rings is 1. The van der Waals surface area contributed by atoms with Crippen LogP contribution in [0.15, 0.2) is 76.3 Å². The molecule has 1 saturated heterocycles. The van der Waals surface area contributed by atoms with Gasteiger partial charge >= 0.3 is 0 Å². The van der Waals surface area contributed by atoms with Gasteiger partial charge in [-0.25, -0.2) is 4.98 Å². The topological polar surface area (TPSA) is 66.1 Å². The van der Waals surface area contributed by atoms with Crippen LogP contribution in [0.2, 0.25) is 0 Å². The van der Waals surface area contributed by atoms with Crippen LogP contribution in [0.1, 0.15) is 5.69 Å². The van der Waals surface area contributed by atoms with Gasteiger partial charge in [0.25, 0.3) is 0 Å². The highest BCUT2D eigenvalue weighted by molar-refractivity contribution is 5.80. The molecule has 0 bridgehead atoms. The summed E-state index contributed by atoms with van der Waals surface area (Å²) in [4.78, 5) is 13.7. The standard InChI is InChI=1S/C24H29N5O2/c1-25-24(26-18-21-19-31-23(27-21)20-8-4-2-5-9-20)29-14-12-28(13-15-29)16-17-30-22-10-6-3-7-11-22/h2-11,19H,12-18H2,1H3,(H,25,26). The van der Waals surface area contributed by atoms with Crippen LogP contribution in [0.4, 0.5) is 0 Å². The molecule has 3 aromatic rings. The molecule has 0 amide bonds. The zero-order chi connectivity index (χ0) is 21.3. The van der Waals surface area contributed by atoms with Gasteiger partial charge in [0.1, 0.15) is 18.6 Å². The highest BCUT2D eigenvalue weighted by Gasteiger charge is 2.19. The van der Waals surface area contributed by atoms with Crippen LogP contribution < -0.4 is 10.1 Å².